The summed E-state index contributed by atoms with van der Waals surface area (Å²) in [6.07, 6.45) is 5.51. The molecule has 0 spiro atoms. The van der Waals surface area contributed by atoms with Crippen LogP contribution in [0.3, 0.4) is 0 Å². The third kappa shape index (κ3) is 5.68. The third-order valence-corrected chi connectivity index (χ3v) is 7.53. The smallest absolute Gasteiger partial charge is 0.269 e. The first-order chi connectivity index (χ1) is 13.4. The van der Waals surface area contributed by atoms with Crippen LogP contribution in [0, 0.1) is 32.7 Å². The summed E-state index contributed by atoms with van der Waals surface area (Å²) in [5, 5.41) is 21.0. The molecule has 1 saturated carbocycles. The standard InChI is InChI=1S/C21H30FN3O3S/c1-19(2,3)29(28)24-20(4,12-13-21(15-23)10-6-5-7-11-21)17-14-16(25(26)27)8-9-18(17)22/h8-9,14,24H,5-7,10-13H2,1-4H3/t20-,29?/m1/s1. The van der Waals surface area contributed by atoms with Crippen LogP contribution in [0.15, 0.2) is 18.2 Å². The van der Waals surface area contributed by atoms with Crippen molar-refractivity contribution in [1.29, 1.82) is 5.26 Å². The van der Waals surface area contributed by atoms with E-state index in [4.69, 9.17) is 0 Å². The molecule has 6 nitrogen and oxygen atoms in total. The molecule has 160 valence electrons. The number of nitrogens with zero attached hydrogens (tertiary/aromatic N) is 2. The molecule has 0 aliphatic heterocycles. The first-order valence-electron chi connectivity index (χ1n) is 9.98. The lowest BCUT2D eigenvalue weighted by molar-refractivity contribution is -0.385. The van der Waals surface area contributed by atoms with Crippen molar-refractivity contribution in [3.8, 4) is 6.07 Å². The summed E-state index contributed by atoms with van der Waals surface area (Å²) in [6, 6.07) is 5.87. The minimum absolute atomic E-state index is 0.105. The fourth-order valence-corrected chi connectivity index (χ4v) is 4.71. The number of rotatable bonds is 7. The maximum atomic E-state index is 14.8. The van der Waals surface area contributed by atoms with Gasteiger partial charge >= 0.3 is 0 Å². The van der Waals surface area contributed by atoms with Crippen molar-refractivity contribution >= 4 is 17.0 Å². The van der Waals surface area contributed by atoms with Gasteiger partial charge in [0.1, 0.15) is 10.6 Å². The lowest BCUT2D eigenvalue weighted by atomic mass is 9.70. The van der Waals surface area contributed by atoms with Crippen molar-refractivity contribution < 1.29 is 13.9 Å². The Morgan fingerprint density at radius 2 is 1.90 bits per heavy atom. The number of hydrogen-bond acceptors (Lipinski definition) is 5. The van der Waals surface area contributed by atoms with E-state index in [1.807, 2.05) is 0 Å². The van der Waals surface area contributed by atoms with Gasteiger partial charge in [0.05, 0.1) is 21.9 Å². The maximum absolute atomic E-state index is 14.8. The Kier molecular flexibility index (Phi) is 7.31. The van der Waals surface area contributed by atoms with Crippen LogP contribution in [0.2, 0.25) is 0 Å². The van der Waals surface area contributed by atoms with Crippen molar-refractivity contribution in [3.05, 3.63) is 39.7 Å². The predicted octanol–water partition coefficient (Wildman–Crippen LogP) is 5.26. The molecule has 1 N–H and O–H groups in total. The van der Waals surface area contributed by atoms with Gasteiger partial charge in [-0.1, -0.05) is 19.3 Å². The number of nitro benzene ring substituents is 1. The molecule has 1 unspecified atom stereocenters. The van der Waals surface area contributed by atoms with Crippen LogP contribution in [-0.4, -0.2) is 14.2 Å². The van der Waals surface area contributed by atoms with Crippen LogP contribution in [0.25, 0.3) is 0 Å². The van der Waals surface area contributed by atoms with Crippen LogP contribution in [0.5, 0.6) is 0 Å². The zero-order chi connectivity index (χ0) is 21.9. The van der Waals surface area contributed by atoms with Gasteiger partial charge in [-0.3, -0.25) is 10.1 Å². The van der Waals surface area contributed by atoms with Crippen LogP contribution in [0.4, 0.5) is 10.1 Å². The van der Waals surface area contributed by atoms with Gasteiger partial charge in [-0.15, -0.1) is 4.72 Å². The van der Waals surface area contributed by atoms with E-state index in [1.54, 1.807) is 27.7 Å². The number of nitrogens with one attached hydrogen (secondary N) is 1. The Morgan fingerprint density at radius 3 is 2.41 bits per heavy atom. The fourth-order valence-electron chi connectivity index (χ4n) is 3.78. The maximum Gasteiger partial charge on any atom is 0.269 e. The summed E-state index contributed by atoms with van der Waals surface area (Å²) in [7, 11) is 0. The van der Waals surface area contributed by atoms with Crippen molar-refractivity contribution in [2.45, 2.75) is 82.9 Å². The zero-order valence-corrected chi connectivity index (χ0v) is 18.4. The molecule has 29 heavy (non-hydrogen) atoms. The second-order valence-electron chi connectivity index (χ2n) is 9.19. The number of non-ortho nitro benzene ring substituents is 1. The second-order valence-corrected chi connectivity index (χ2v) is 11.2. The molecular weight excluding hydrogens is 393 g/mol. The van der Waals surface area contributed by atoms with Gasteiger partial charge in [-0.25, -0.2) is 4.39 Å². The Hall–Kier alpha value is -1.69. The molecule has 0 heterocycles. The highest BCUT2D eigenvalue weighted by molar-refractivity contribution is 7.90. The fraction of sp³-hybridized carbons (Fsp3) is 0.667. The van der Waals surface area contributed by atoms with E-state index in [2.05, 4.69) is 10.8 Å². The average molecular weight is 424 g/mol. The van der Waals surface area contributed by atoms with Gasteiger partial charge in [-0.2, -0.15) is 5.26 Å². The van der Waals surface area contributed by atoms with Gasteiger partial charge in [0.2, 0.25) is 0 Å². The number of nitro groups is 1. The second kappa shape index (κ2) is 8.99. The summed E-state index contributed by atoms with van der Waals surface area (Å²) in [6.45, 7) is 7.13. The largest absolute Gasteiger partial charge is 0.598 e. The van der Waals surface area contributed by atoms with Gasteiger partial charge in [-0.05, 0) is 59.4 Å². The molecule has 0 amide bonds. The summed E-state index contributed by atoms with van der Waals surface area (Å²) in [5.41, 5.74) is -1.71. The summed E-state index contributed by atoms with van der Waals surface area (Å²) >= 11 is -1.52. The van der Waals surface area contributed by atoms with Gasteiger partial charge < -0.3 is 4.55 Å². The van der Waals surface area contributed by atoms with Crippen LogP contribution in [0.1, 0.15) is 78.2 Å². The van der Waals surface area contributed by atoms with E-state index >= 15 is 0 Å². The first-order valence-corrected chi connectivity index (χ1v) is 11.1. The van der Waals surface area contributed by atoms with Gasteiger partial charge in [0.15, 0.2) is 0 Å². The molecule has 0 bridgehead atoms. The normalized spacial score (nSPS) is 19.8. The van der Waals surface area contributed by atoms with E-state index in [-0.39, 0.29) is 11.3 Å². The molecule has 2 rings (SSSR count). The van der Waals surface area contributed by atoms with Crippen molar-refractivity contribution in [2.24, 2.45) is 5.41 Å². The van der Waals surface area contributed by atoms with E-state index in [0.717, 1.165) is 44.2 Å². The average Bonchev–Trinajstić information content (AvgIpc) is 2.66. The highest BCUT2D eigenvalue weighted by Gasteiger charge is 2.42. The Morgan fingerprint density at radius 1 is 1.28 bits per heavy atom. The van der Waals surface area contributed by atoms with Crippen molar-refractivity contribution in [3.63, 3.8) is 0 Å². The van der Waals surface area contributed by atoms with Crippen LogP contribution in [-0.2, 0) is 16.9 Å². The molecule has 1 aromatic rings. The third-order valence-electron chi connectivity index (χ3n) is 5.78. The molecule has 1 aliphatic rings. The van der Waals surface area contributed by atoms with E-state index in [1.165, 1.54) is 6.07 Å². The number of hydrogen-bond donors (Lipinski definition) is 1. The number of benzene rings is 1. The SMILES string of the molecule is CC(C)(C)[S+]([O-])N[C@](C)(CCC1(C#N)CCCCC1)c1cc([N+](=O)[O-])ccc1F. The summed E-state index contributed by atoms with van der Waals surface area (Å²) in [5.74, 6) is -0.592. The lowest BCUT2D eigenvalue weighted by Crippen LogP contribution is -2.50. The molecule has 0 saturated heterocycles. The van der Waals surface area contributed by atoms with Crippen LogP contribution >= 0.6 is 0 Å². The molecule has 0 aromatic heterocycles. The lowest BCUT2D eigenvalue weighted by Gasteiger charge is -2.38. The molecular formula is C21H30FN3O3S. The Bertz CT molecular complexity index is 784. The monoisotopic (exact) mass is 423 g/mol. The van der Waals surface area contributed by atoms with Gasteiger partial charge in [0.25, 0.3) is 5.69 Å². The van der Waals surface area contributed by atoms with E-state index < -0.39 is 37.8 Å². The van der Waals surface area contributed by atoms with Crippen molar-refractivity contribution in [2.75, 3.05) is 0 Å². The number of halogens is 1. The highest BCUT2D eigenvalue weighted by atomic mass is 32.2. The number of nitriles is 1. The van der Waals surface area contributed by atoms with Gasteiger partial charge in [0, 0.05) is 29.1 Å². The van der Waals surface area contributed by atoms with Crippen molar-refractivity contribution in [1.82, 2.24) is 4.72 Å². The highest BCUT2D eigenvalue weighted by Crippen LogP contribution is 2.43. The molecule has 1 fully saturated rings. The predicted molar refractivity (Wildman–Crippen MR) is 112 cm³/mol. The molecule has 2 atom stereocenters. The minimum Gasteiger partial charge on any atom is -0.598 e. The van der Waals surface area contributed by atoms with E-state index in [9.17, 15) is 24.3 Å². The summed E-state index contributed by atoms with van der Waals surface area (Å²) < 4.78 is 30.1. The van der Waals surface area contributed by atoms with E-state index in [0.29, 0.717) is 12.8 Å². The molecule has 0 radical (unpaired) electrons. The van der Waals surface area contributed by atoms with Crippen LogP contribution < -0.4 is 4.72 Å². The molecule has 8 heteroatoms. The zero-order valence-electron chi connectivity index (χ0n) is 17.6. The quantitative estimate of drug-likeness (QED) is 0.366. The Labute approximate surface area is 175 Å². The minimum atomic E-state index is -1.52. The first kappa shape index (κ1) is 23.6. The molecule has 1 aliphatic carbocycles. The topological polar surface area (TPSA) is 102 Å². The molecule has 1 aromatic carbocycles. The Balaban J connectivity index is 2.42. The summed E-state index contributed by atoms with van der Waals surface area (Å²) in [4.78, 5) is 10.7.